The minimum absolute atomic E-state index is 0.217. The van der Waals surface area contributed by atoms with Crippen LogP contribution in [0.2, 0.25) is 0 Å². The van der Waals surface area contributed by atoms with Crippen molar-refractivity contribution < 1.29 is 13.2 Å². The third-order valence-corrected chi connectivity index (χ3v) is 4.56. The number of thioether (sulfide) groups is 1. The van der Waals surface area contributed by atoms with Gasteiger partial charge in [0.25, 0.3) is 0 Å². The molecule has 96 valence electrons. The topological polar surface area (TPSA) is 81.4 Å². The van der Waals surface area contributed by atoms with Crippen molar-refractivity contribution in [1.29, 1.82) is 0 Å². The van der Waals surface area contributed by atoms with Crippen molar-refractivity contribution in [3.63, 3.8) is 0 Å². The van der Waals surface area contributed by atoms with Gasteiger partial charge in [-0.2, -0.15) is 0 Å². The molecule has 1 aromatic rings. The van der Waals surface area contributed by atoms with E-state index in [4.69, 9.17) is 10.5 Å². The Kier molecular flexibility index (Phi) is 5.26. The molecule has 0 saturated heterocycles. The van der Waals surface area contributed by atoms with Crippen LogP contribution in [0.5, 0.6) is 0 Å². The Morgan fingerprint density at radius 2 is 2.18 bits per heavy atom. The number of hydrogen-bond acceptors (Lipinski definition) is 5. The maximum atomic E-state index is 11.6. The number of anilines is 1. The van der Waals surface area contributed by atoms with Crippen molar-refractivity contribution in [1.82, 2.24) is 4.72 Å². The Morgan fingerprint density at radius 3 is 2.76 bits per heavy atom. The summed E-state index contributed by atoms with van der Waals surface area (Å²) in [5.74, 6) is 0.726. The molecule has 0 aliphatic carbocycles. The van der Waals surface area contributed by atoms with Gasteiger partial charge in [0.2, 0.25) is 10.0 Å². The lowest BCUT2D eigenvalue weighted by Crippen LogP contribution is -2.18. The van der Waals surface area contributed by atoms with Crippen LogP contribution in [-0.2, 0) is 14.8 Å². The Bertz CT molecular complexity index is 474. The molecule has 0 amide bonds. The van der Waals surface area contributed by atoms with Crippen molar-refractivity contribution in [2.45, 2.75) is 9.79 Å². The van der Waals surface area contributed by atoms with E-state index in [1.165, 1.54) is 24.9 Å². The third kappa shape index (κ3) is 3.88. The second kappa shape index (κ2) is 6.25. The summed E-state index contributed by atoms with van der Waals surface area (Å²) in [7, 11) is -0.423. The van der Waals surface area contributed by atoms with Crippen molar-refractivity contribution in [2.75, 3.05) is 32.3 Å². The van der Waals surface area contributed by atoms with Gasteiger partial charge in [0.15, 0.2) is 0 Å². The van der Waals surface area contributed by atoms with E-state index in [0.717, 1.165) is 10.6 Å². The molecule has 0 fully saturated rings. The summed E-state index contributed by atoms with van der Waals surface area (Å²) in [5.41, 5.74) is 6.35. The molecule has 17 heavy (non-hydrogen) atoms. The highest BCUT2D eigenvalue weighted by atomic mass is 32.2. The number of ether oxygens (including phenoxy) is 1. The normalized spacial score (nSPS) is 11.6. The van der Waals surface area contributed by atoms with E-state index in [0.29, 0.717) is 12.3 Å². The quantitative estimate of drug-likeness (QED) is 0.458. The summed E-state index contributed by atoms with van der Waals surface area (Å²) in [5, 5.41) is 0. The van der Waals surface area contributed by atoms with Crippen molar-refractivity contribution in [3.05, 3.63) is 18.2 Å². The van der Waals surface area contributed by atoms with E-state index in [2.05, 4.69) is 4.72 Å². The van der Waals surface area contributed by atoms with Crippen LogP contribution in [0.15, 0.2) is 28.0 Å². The standard InChI is InChI=1S/C10H16N2O3S2/c1-12-17(13,14)8-3-4-9(11)10(7-8)16-6-5-15-2/h3-4,7,12H,5-6,11H2,1-2H3. The zero-order valence-corrected chi connectivity index (χ0v) is 11.4. The Morgan fingerprint density at radius 1 is 1.47 bits per heavy atom. The van der Waals surface area contributed by atoms with Crippen LogP contribution < -0.4 is 10.5 Å². The van der Waals surface area contributed by atoms with Gasteiger partial charge >= 0.3 is 0 Å². The number of sulfonamides is 1. The highest BCUT2D eigenvalue weighted by Crippen LogP contribution is 2.27. The third-order valence-electron chi connectivity index (χ3n) is 2.11. The molecular formula is C10H16N2O3S2. The van der Waals surface area contributed by atoms with Crippen LogP contribution in [0.4, 0.5) is 5.69 Å². The maximum absolute atomic E-state index is 11.6. The predicted molar refractivity (Wildman–Crippen MR) is 69.7 cm³/mol. The zero-order valence-electron chi connectivity index (χ0n) is 9.76. The molecule has 0 saturated carbocycles. The van der Waals surface area contributed by atoms with E-state index in [1.54, 1.807) is 19.2 Å². The fourth-order valence-electron chi connectivity index (χ4n) is 1.16. The molecule has 0 unspecified atom stereocenters. The molecule has 5 nitrogen and oxygen atoms in total. The van der Waals surface area contributed by atoms with Crippen molar-refractivity contribution in [3.8, 4) is 0 Å². The zero-order chi connectivity index (χ0) is 12.9. The SMILES string of the molecule is CNS(=O)(=O)c1ccc(N)c(SCCOC)c1. The number of benzene rings is 1. The second-order valence-corrected chi connectivity index (χ2v) is 6.27. The molecule has 1 aromatic carbocycles. The fraction of sp³-hybridized carbons (Fsp3) is 0.400. The predicted octanol–water partition coefficient (Wildman–Crippen LogP) is 0.915. The van der Waals surface area contributed by atoms with Crippen LogP contribution in [0.3, 0.4) is 0 Å². The summed E-state index contributed by atoms with van der Waals surface area (Å²) in [6.07, 6.45) is 0. The van der Waals surface area contributed by atoms with Crippen molar-refractivity contribution >= 4 is 27.5 Å². The van der Waals surface area contributed by atoms with E-state index in [9.17, 15) is 8.42 Å². The molecule has 0 bridgehead atoms. The Balaban J connectivity index is 2.95. The molecule has 0 atom stereocenters. The molecule has 7 heteroatoms. The smallest absolute Gasteiger partial charge is 0.240 e. The van der Waals surface area contributed by atoms with Crippen molar-refractivity contribution in [2.24, 2.45) is 0 Å². The van der Waals surface area contributed by atoms with Crippen LogP contribution in [0.25, 0.3) is 0 Å². The van der Waals surface area contributed by atoms with Gasteiger partial charge in [-0.05, 0) is 25.2 Å². The summed E-state index contributed by atoms with van der Waals surface area (Å²) in [4.78, 5) is 0.965. The second-order valence-electron chi connectivity index (χ2n) is 3.25. The lowest BCUT2D eigenvalue weighted by atomic mass is 10.3. The molecule has 1 rings (SSSR count). The highest BCUT2D eigenvalue weighted by Gasteiger charge is 2.13. The van der Waals surface area contributed by atoms with Gasteiger partial charge in [0, 0.05) is 23.4 Å². The number of hydrogen-bond donors (Lipinski definition) is 2. The van der Waals surface area contributed by atoms with Crippen LogP contribution in [-0.4, -0.2) is 34.9 Å². The molecule has 0 heterocycles. The maximum Gasteiger partial charge on any atom is 0.240 e. The van der Waals surface area contributed by atoms with E-state index >= 15 is 0 Å². The minimum Gasteiger partial charge on any atom is -0.398 e. The van der Waals surface area contributed by atoms with Crippen LogP contribution >= 0.6 is 11.8 Å². The van der Waals surface area contributed by atoms with Gasteiger partial charge in [-0.1, -0.05) is 0 Å². The van der Waals surface area contributed by atoms with Crippen LogP contribution in [0.1, 0.15) is 0 Å². The molecule has 0 spiro atoms. The van der Waals surface area contributed by atoms with Crippen LogP contribution in [0, 0.1) is 0 Å². The summed E-state index contributed by atoms with van der Waals surface area (Å²) < 4.78 is 30.4. The van der Waals surface area contributed by atoms with Gasteiger partial charge in [0.05, 0.1) is 11.5 Å². The van der Waals surface area contributed by atoms with Gasteiger partial charge in [-0.3, -0.25) is 0 Å². The first-order chi connectivity index (χ1) is 8.01. The van der Waals surface area contributed by atoms with Gasteiger partial charge < -0.3 is 10.5 Å². The summed E-state index contributed by atoms with van der Waals surface area (Å²) in [6.45, 7) is 0.590. The number of nitrogens with one attached hydrogen (secondary N) is 1. The first-order valence-electron chi connectivity index (χ1n) is 4.96. The van der Waals surface area contributed by atoms with Gasteiger partial charge in [-0.25, -0.2) is 13.1 Å². The summed E-state index contributed by atoms with van der Waals surface area (Å²) >= 11 is 1.47. The molecule has 0 radical (unpaired) electrons. The summed E-state index contributed by atoms with van der Waals surface area (Å²) in [6, 6.07) is 4.66. The Hall–Kier alpha value is -0.760. The lowest BCUT2D eigenvalue weighted by molar-refractivity contribution is 0.218. The van der Waals surface area contributed by atoms with E-state index in [1.807, 2.05) is 0 Å². The number of rotatable bonds is 6. The number of nitrogens with two attached hydrogens (primary N) is 1. The first-order valence-corrected chi connectivity index (χ1v) is 7.43. The molecule has 0 aliphatic rings. The number of methoxy groups -OCH3 is 1. The minimum atomic E-state index is -3.42. The molecular weight excluding hydrogens is 260 g/mol. The van der Waals surface area contributed by atoms with Gasteiger partial charge in [0.1, 0.15) is 0 Å². The largest absolute Gasteiger partial charge is 0.398 e. The Labute approximate surface area is 106 Å². The highest BCUT2D eigenvalue weighted by molar-refractivity contribution is 7.99. The molecule has 3 N–H and O–H groups in total. The average molecular weight is 276 g/mol. The van der Waals surface area contributed by atoms with E-state index in [-0.39, 0.29) is 4.90 Å². The fourth-order valence-corrected chi connectivity index (χ4v) is 2.91. The lowest BCUT2D eigenvalue weighted by Gasteiger charge is -2.08. The first kappa shape index (κ1) is 14.3. The number of nitrogen functional groups attached to an aromatic ring is 1. The van der Waals surface area contributed by atoms with E-state index < -0.39 is 10.0 Å². The van der Waals surface area contributed by atoms with Gasteiger partial charge in [-0.15, -0.1) is 11.8 Å². The molecule has 0 aromatic heterocycles. The average Bonchev–Trinajstić information content (AvgIpc) is 2.31. The molecule has 0 aliphatic heterocycles. The monoisotopic (exact) mass is 276 g/mol.